The molecule has 1 amide bonds. The number of morpholine rings is 1. The molecule has 168 valence electrons. The SMILES string of the molecule is Cc1ccc(C(=O)Nc2cccc(C#Cc3ccccc3)c2)cc1S(=O)(=O)N1CCOCC1. The molecule has 33 heavy (non-hydrogen) atoms. The summed E-state index contributed by atoms with van der Waals surface area (Å²) in [5.74, 6) is 5.80. The Labute approximate surface area is 194 Å². The highest BCUT2D eigenvalue weighted by molar-refractivity contribution is 7.89. The second kappa shape index (κ2) is 10.0. The Bertz CT molecular complexity index is 1320. The summed E-state index contributed by atoms with van der Waals surface area (Å²) in [6.07, 6.45) is 0. The van der Waals surface area contributed by atoms with E-state index >= 15 is 0 Å². The standard InChI is InChI=1S/C26H24N2O4S/c1-20-10-13-23(19-25(20)33(30,31)28-14-16-32-17-15-28)26(29)27-24-9-5-8-22(18-24)12-11-21-6-3-2-4-7-21/h2-10,13,18-19H,14-17H2,1H3,(H,27,29). The molecular weight excluding hydrogens is 436 g/mol. The van der Waals surface area contributed by atoms with Crippen molar-refractivity contribution in [3.05, 3.63) is 95.1 Å². The van der Waals surface area contributed by atoms with Crippen LogP contribution in [0.3, 0.4) is 0 Å². The first-order valence-electron chi connectivity index (χ1n) is 10.6. The molecule has 0 atom stereocenters. The molecule has 3 aromatic rings. The lowest BCUT2D eigenvalue weighted by molar-refractivity contribution is 0.0730. The number of aryl methyl sites for hydroxylation is 1. The Balaban J connectivity index is 1.54. The second-order valence-electron chi connectivity index (χ2n) is 7.65. The molecule has 7 heteroatoms. The van der Waals surface area contributed by atoms with Crippen LogP contribution in [0.5, 0.6) is 0 Å². The van der Waals surface area contributed by atoms with Gasteiger partial charge in [-0.15, -0.1) is 0 Å². The quantitative estimate of drug-likeness (QED) is 0.603. The fraction of sp³-hybridized carbons (Fsp3) is 0.192. The highest BCUT2D eigenvalue weighted by Crippen LogP contribution is 2.23. The largest absolute Gasteiger partial charge is 0.379 e. The van der Waals surface area contributed by atoms with Gasteiger partial charge in [0.1, 0.15) is 0 Å². The number of hydrogen-bond acceptors (Lipinski definition) is 4. The van der Waals surface area contributed by atoms with Gasteiger partial charge < -0.3 is 10.1 Å². The number of sulfonamides is 1. The number of ether oxygens (including phenoxy) is 1. The van der Waals surface area contributed by atoms with Crippen LogP contribution in [-0.2, 0) is 14.8 Å². The summed E-state index contributed by atoms with van der Waals surface area (Å²) < 4.78 is 32.9. The lowest BCUT2D eigenvalue weighted by atomic mass is 10.1. The Morgan fingerprint density at radius 2 is 1.61 bits per heavy atom. The maximum atomic E-state index is 13.1. The molecule has 4 rings (SSSR count). The molecule has 0 unspecified atom stereocenters. The molecule has 0 radical (unpaired) electrons. The van der Waals surface area contributed by atoms with E-state index in [9.17, 15) is 13.2 Å². The maximum absolute atomic E-state index is 13.1. The zero-order valence-corrected chi connectivity index (χ0v) is 19.1. The summed E-state index contributed by atoms with van der Waals surface area (Å²) in [6, 6.07) is 21.6. The van der Waals surface area contributed by atoms with E-state index < -0.39 is 10.0 Å². The average molecular weight is 461 g/mol. The van der Waals surface area contributed by atoms with Crippen LogP contribution in [0, 0.1) is 18.8 Å². The van der Waals surface area contributed by atoms with Crippen LogP contribution in [-0.4, -0.2) is 44.9 Å². The Hall–Kier alpha value is -3.44. The zero-order chi connectivity index (χ0) is 23.3. The number of nitrogens with zero attached hydrogens (tertiary/aromatic N) is 1. The zero-order valence-electron chi connectivity index (χ0n) is 18.2. The minimum atomic E-state index is -3.71. The first kappa shape index (κ1) is 22.7. The van der Waals surface area contributed by atoms with E-state index in [0.717, 1.165) is 11.1 Å². The van der Waals surface area contributed by atoms with Gasteiger partial charge >= 0.3 is 0 Å². The van der Waals surface area contributed by atoms with Crippen molar-refractivity contribution < 1.29 is 17.9 Å². The highest BCUT2D eigenvalue weighted by Gasteiger charge is 2.28. The van der Waals surface area contributed by atoms with E-state index in [2.05, 4.69) is 17.2 Å². The Kier molecular flexibility index (Phi) is 6.90. The van der Waals surface area contributed by atoms with E-state index in [1.165, 1.54) is 10.4 Å². The third-order valence-corrected chi connectivity index (χ3v) is 7.32. The van der Waals surface area contributed by atoms with Crippen molar-refractivity contribution in [1.82, 2.24) is 4.31 Å². The van der Waals surface area contributed by atoms with Crippen LogP contribution in [0.15, 0.2) is 77.7 Å². The number of rotatable bonds is 4. The molecule has 1 aliphatic rings. The molecule has 0 aromatic heterocycles. The van der Waals surface area contributed by atoms with E-state index in [4.69, 9.17) is 4.74 Å². The first-order chi connectivity index (χ1) is 15.9. The average Bonchev–Trinajstić information content (AvgIpc) is 2.84. The van der Waals surface area contributed by atoms with Crippen molar-refractivity contribution in [2.24, 2.45) is 0 Å². The summed E-state index contributed by atoms with van der Waals surface area (Å²) in [5, 5.41) is 2.84. The van der Waals surface area contributed by atoms with Crippen molar-refractivity contribution in [3.63, 3.8) is 0 Å². The summed E-state index contributed by atoms with van der Waals surface area (Å²) >= 11 is 0. The van der Waals surface area contributed by atoms with Crippen LogP contribution in [0.2, 0.25) is 0 Å². The number of amides is 1. The van der Waals surface area contributed by atoms with E-state index in [0.29, 0.717) is 37.6 Å². The molecule has 0 spiro atoms. The van der Waals surface area contributed by atoms with Gasteiger partial charge in [-0.2, -0.15) is 4.31 Å². The molecule has 1 fully saturated rings. The molecule has 1 N–H and O–H groups in total. The molecule has 0 saturated carbocycles. The number of carbonyl (C=O) groups excluding carboxylic acids is 1. The van der Waals surface area contributed by atoms with Crippen molar-refractivity contribution in [2.45, 2.75) is 11.8 Å². The van der Waals surface area contributed by atoms with Gasteiger partial charge in [0.25, 0.3) is 5.91 Å². The van der Waals surface area contributed by atoms with E-state index in [-0.39, 0.29) is 16.4 Å². The maximum Gasteiger partial charge on any atom is 0.255 e. The van der Waals surface area contributed by atoms with Crippen molar-refractivity contribution in [3.8, 4) is 11.8 Å². The molecular formula is C26H24N2O4S. The van der Waals surface area contributed by atoms with E-state index in [1.54, 1.807) is 31.2 Å². The monoisotopic (exact) mass is 460 g/mol. The van der Waals surface area contributed by atoms with Gasteiger partial charge in [0.05, 0.1) is 18.1 Å². The fourth-order valence-corrected chi connectivity index (χ4v) is 5.15. The third-order valence-electron chi connectivity index (χ3n) is 5.28. The highest BCUT2D eigenvalue weighted by atomic mass is 32.2. The normalized spacial score (nSPS) is 14.2. The predicted octanol–water partition coefficient (Wildman–Crippen LogP) is 3.67. The van der Waals surface area contributed by atoms with Gasteiger partial charge in [-0.05, 0) is 55.0 Å². The molecule has 6 nitrogen and oxygen atoms in total. The van der Waals surface area contributed by atoms with Gasteiger partial charge in [0.15, 0.2) is 0 Å². The van der Waals surface area contributed by atoms with Crippen molar-refractivity contribution in [2.75, 3.05) is 31.6 Å². The van der Waals surface area contributed by atoms with Gasteiger partial charge in [0.2, 0.25) is 10.0 Å². The lowest BCUT2D eigenvalue weighted by Gasteiger charge is -2.26. The van der Waals surface area contributed by atoms with Gasteiger partial charge in [0, 0.05) is 35.5 Å². The lowest BCUT2D eigenvalue weighted by Crippen LogP contribution is -2.40. The third kappa shape index (κ3) is 5.49. The number of benzene rings is 3. The number of anilines is 1. The Morgan fingerprint density at radius 1 is 0.909 bits per heavy atom. The molecule has 0 bridgehead atoms. The Morgan fingerprint density at radius 3 is 2.36 bits per heavy atom. The molecule has 1 heterocycles. The van der Waals surface area contributed by atoms with Crippen LogP contribution >= 0.6 is 0 Å². The van der Waals surface area contributed by atoms with Crippen molar-refractivity contribution in [1.29, 1.82) is 0 Å². The van der Waals surface area contributed by atoms with E-state index in [1.807, 2.05) is 42.5 Å². The van der Waals surface area contributed by atoms with Crippen LogP contribution in [0.1, 0.15) is 27.0 Å². The van der Waals surface area contributed by atoms with Crippen LogP contribution in [0.25, 0.3) is 0 Å². The molecule has 0 aliphatic carbocycles. The minimum Gasteiger partial charge on any atom is -0.379 e. The molecule has 3 aromatic carbocycles. The summed E-state index contributed by atoms with van der Waals surface area (Å²) in [5.41, 5.74) is 3.11. The van der Waals surface area contributed by atoms with Crippen molar-refractivity contribution >= 4 is 21.6 Å². The predicted molar refractivity (Wildman–Crippen MR) is 128 cm³/mol. The summed E-state index contributed by atoms with van der Waals surface area (Å²) in [6.45, 7) is 3.05. The number of carbonyl (C=O) groups is 1. The number of hydrogen-bond donors (Lipinski definition) is 1. The van der Waals surface area contributed by atoms with Crippen LogP contribution in [0.4, 0.5) is 5.69 Å². The minimum absolute atomic E-state index is 0.138. The first-order valence-corrected chi connectivity index (χ1v) is 12.0. The smallest absolute Gasteiger partial charge is 0.255 e. The van der Waals surface area contributed by atoms with Gasteiger partial charge in [-0.3, -0.25) is 4.79 Å². The summed E-state index contributed by atoms with van der Waals surface area (Å²) in [4.78, 5) is 13.0. The topological polar surface area (TPSA) is 75.7 Å². The molecule has 1 aliphatic heterocycles. The molecule has 1 saturated heterocycles. The van der Waals surface area contributed by atoms with Gasteiger partial charge in [-0.25, -0.2) is 8.42 Å². The number of nitrogens with one attached hydrogen (secondary N) is 1. The second-order valence-corrected chi connectivity index (χ2v) is 9.55. The van der Waals surface area contributed by atoms with Crippen LogP contribution < -0.4 is 5.32 Å². The fourth-order valence-electron chi connectivity index (χ4n) is 3.49. The van der Waals surface area contributed by atoms with Gasteiger partial charge in [-0.1, -0.05) is 42.2 Å². The summed E-state index contributed by atoms with van der Waals surface area (Å²) in [7, 11) is -3.71.